The van der Waals surface area contributed by atoms with Crippen LogP contribution in [-0.2, 0) is 11.2 Å². The Kier molecular flexibility index (Phi) is 4.64. The van der Waals surface area contributed by atoms with Crippen molar-refractivity contribution in [2.45, 2.75) is 16.2 Å². The summed E-state index contributed by atoms with van der Waals surface area (Å²) in [4.78, 5) is 6.13. The van der Waals surface area contributed by atoms with Crippen LogP contribution in [0.4, 0.5) is 11.4 Å². The molecule has 0 amide bonds. The number of benzene rings is 2. The first kappa shape index (κ1) is 15.7. The van der Waals surface area contributed by atoms with Gasteiger partial charge >= 0.3 is 0 Å². The van der Waals surface area contributed by atoms with Crippen molar-refractivity contribution >= 4 is 34.2 Å². The van der Waals surface area contributed by atoms with Crippen LogP contribution in [0.25, 0.3) is 0 Å². The molecule has 3 nitrogen and oxygen atoms in total. The van der Waals surface area contributed by atoms with Crippen molar-refractivity contribution in [1.29, 1.82) is 0 Å². The van der Waals surface area contributed by atoms with Gasteiger partial charge in [0.05, 0.1) is 11.4 Å². The van der Waals surface area contributed by atoms with E-state index in [1.54, 1.807) is 0 Å². The average Bonchev–Trinajstić information content (AvgIpc) is 2.50. The lowest BCUT2D eigenvalue weighted by molar-refractivity contribution is 0.402. The van der Waals surface area contributed by atoms with Crippen molar-refractivity contribution in [3.05, 3.63) is 47.5 Å². The topological polar surface area (TPSA) is 29.5 Å². The van der Waals surface area contributed by atoms with Crippen LogP contribution in [0.3, 0.4) is 0 Å². The predicted molar refractivity (Wildman–Crippen MR) is 92.7 cm³/mol. The normalized spacial score (nSPS) is 16.6. The van der Waals surface area contributed by atoms with E-state index in [0.29, 0.717) is 5.02 Å². The zero-order valence-corrected chi connectivity index (χ0v) is 14.3. The number of fused-ring (bicyclic) bond motifs is 2. The molecule has 0 bridgehead atoms. The van der Waals surface area contributed by atoms with Crippen molar-refractivity contribution in [3.63, 3.8) is 0 Å². The highest BCUT2D eigenvalue weighted by Crippen LogP contribution is 2.44. The summed E-state index contributed by atoms with van der Waals surface area (Å²) in [5.74, 6) is 0. The van der Waals surface area contributed by atoms with Crippen LogP contribution in [0.2, 0.25) is 5.02 Å². The zero-order valence-electron chi connectivity index (χ0n) is 12.8. The van der Waals surface area contributed by atoms with Crippen molar-refractivity contribution in [3.8, 4) is 0 Å². The fourth-order valence-corrected chi connectivity index (χ4v) is 4.25. The molecule has 116 valence electrons. The van der Waals surface area contributed by atoms with Crippen LogP contribution < -0.4 is 4.90 Å². The fraction of sp³-hybridized carbons (Fsp3) is 0.294. The molecular formula is C17H19ClN2OS. The molecule has 0 N–H and O–H groups in total. The number of rotatable bonds is 4. The lowest BCUT2D eigenvalue weighted by atomic mass is 10.2. The summed E-state index contributed by atoms with van der Waals surface area (Å²) in [5.41, 5.74) is 1.98. The van der Waals surface area contributed by atoms with Gasteiger partial charge in [-0.15, -0.1) is 0 Å². The van der Waals surface area contributed by atoms with Crippen molar-refractivity contribution in [2.24, 2.45) is 0 Å². The molecule has 0 radical (unpaired) electrons. The van der Waals surface area contributed by atoms with Crippen molar-refractivity contribution in [1.82, 2.24) is 4.90 Å². The van der Waals surface area contributed by atoms with Gasteiger partial charge < -0.3 is 14.4 Å². The molecule has 22 heavy (non-hydrogen) atoms. The minimum atomic E-state index is -1.14. The molecule has 0 aromatic heterocycles. The monoisotopic (exact) mass is 334 g/mol. The van der Waals surface area contributed by atoms with Gasteiger partial charge in [0.25, 0.3) is 0 Å². The molecule has 1 heterocycles. The molecule has 0 saturated carbocycles. The maximum atomic E-state index is 12.8. The minimum absolute atomic E-state index is 0.674. The van der Waals surface area contributed by atoms with Gasteiger partial charge in [0.2, 0.25) is 0 Å². The Labute approximate surface area is 139 Å². The van der Waals surface area contributed by atoms with Gasteiger partial charge in [0.1, 0.15) is 0 Å². The Morgan fingerprint density at radius 2 is 1.82 bits per heavy atom. The van der Waals surface area contributed by atoms with Crippen molar-refractivity contribution in [2.75, 3.05) is 32.1 Å². The van der Waals surface area contributed by atoms with E-state index >= 15 is 0 Å². The van der Waals surface area contributed by atoms with E-state index < -0.39 is 11.2 Å². The molecule has 1 aliphatic heterocycles. The Morgan fingerprint density at radius 1 is 1.09 bits per heavy atom. The second-order valence-corrected chi connectivity index (χ2v) is 7.51. The number of para-hydroxylation sites is 1. The molecule has 0 spiro atoms. The van der Waals surface area contributed by atoms with Gasteiger partial charge in [-0.05, 0) is 57.4 Å². The van der Waals surface area contributed by atoms with Crippen LogP contribution >= 0.6 is 11.6 Å². The van der Waals surface area contributed by atoms with Crippen LogP contribution in [0.15, 0.2) is 52.3 Å². The summed E-state index contributed by atoms with van der Waals surface area (Å²) in [6.07, 6.45) is 1.03. The third-order valence-corrected chi connectivity index (χ3v) is 5.48. The van der Waals surface area contributed by atoms with Gasteiger partial charge in [0, 0.05) is 22.7 Å². The highest BCUT2D eigenvalue weighted by Gasteiger charge is 2.33. The molecule has 1 unspecified atom stereocenters. The van der Waals surface area contributed by atoms with Crippen LogP contribution in [-0.4, -0.2) is 36.6 Å². The van der Waals surface area contributed by atoms with E-state index in [1.807, 2.05) is 42.5 Å². The molecule has 0 fully saturated rings. The second-order valence-electron chi connectivity index (χ2n) is 5.66. The fourth-order valence-electron chi connectivity index (χ4n) is 2.73. The largest absolute Gasteiger partial charge is 0.606 e. The van der Waals surface area contributed by atoms with Gasteiger partial charge in [-0.25, -0.2) is 0 Å². The van der Waals surface area contributed by atoms with Gasteiger partial charge in [-0.3, -0.25) is 0 Å². The maximum Gasteiger partial charge on any atom is 0.182 e. The SMILES string of the molecule is CN(C)CCCN1c2ccccc2[S+]([O-])c2ccc(Cl)cc21. The molecule has 5 heteroatoms. The van der Waals surface area contributed by atoms with Crippen LogP contribution in [0, 0.1) is 0 Å². The van der Waals surface area contributed by atoms with Crippen molar-refractivity contribution < 1.29 is 4.55 Å². The molecule has 0 aliphatic carbocycles. The molecule has 2 aromatic carbocycles. The molecule has 0 saturated heterocycles. The van der Waals surface area contributed by atoms with E-state index in [0.717, 1.165) is 40.7 Å². The third kappa shape index (κ3) is 2.97. The smallest absolute Gasteiger partial charge is 0.182 e. The third-order valence-electron chi connectivity index (χ3n) is 3.75. The van der Waals surface area contributed by atoms with Gasteiger partial charge in [0.15, 0.2) is 9.79 Å². The van der Waals surface area contributed by atoms with E-state index in [1.165, 1.54) is 0 Å². The standard InChI is InChI=1S/C17H19ClN2OS/c1-19(2)10-5-11-20-14-6-3-4-7-16(14)22(21)17-9-8-13(18)12-15(17)20/h3-4,6-9,12H,5,10-11H2,1-2H3. The number of hydrogen-bond acceptors (Lipinski definition) is 3. The summed E-state index contributed by atoms with van der Waals surface area (Å²) in [5, 5.41) is 0.674. The summed E-state index contributed by atoms with van der Waals surface area (Å²) in [6, 6.07) is 13.5. The Bertz CT molecular complexity index is 677. The Hall–Kier alpha value is -1.20. The first-order valence-electron chi connectivity index (χ1n) is 7.30. The number of halogens is 1. The lowest BCUT2D eigenvalue weighted by Crippen LogP contribution is -2.28. The number of anilines is 2. The van der Waals surface area contributed by atoms with Crippen LogP contribution in [0.1, 0.15) is 6.42 Å². The van der Waals surface area contributed by atoms with E-state index in [-0.39, 0.29) is 0 Å². The molecule has 3 rings (SSSR count). The molecule has 2 aromatic rings. The highest BCUT2D eigenvalue weighted by atomic mass is 35.5. The van der Waals surface area contributed by atoms with Gasteiger partial charge in [-0.1, -0.05) is 23.7 Å². The average molecular weight is 335 g/mol. The summed E-state index contributed by atoms with van der Waals surface area (Å²) in [6.45, 7) is 1.89. The van der Waals surface area contributed by atoms with Crippen LogP contribution in [0.5, 0.6) is 0 Å². The van der Waals surface area contributed by atoms with E-state index in [9.17, 15) is 4.55 Å². The molecule has 1 aliphatic rings. The first-order valence-corrected chi connectivity index (χ1v) is 8.83. The van der Waals surface area contributed by atoms with E-state index in [2.05, 4.69) is 23.9 Å². The highest BCUT2D eigenvalue weighted by molar-refractivity contribution is 7.92. The Morgan fingerprint density at radius 3 is 2.59 bits per heavy atom. The molecule has 1 atom stereocenters. The summed E-state index contributed by atoms with van der Waals surface area (Å²) in [7, 11) is 4.15. The molecular weight excluding hydrogens is 316 g/mol. The zero-order chi connectivity index (χ0) is 15.7. The quantitative estimate of drug-likeness (QED) is 0.794. The first-order chi connectivity index (χ1) is 10.6. The van der Waals surface area contributed by atoms with Gasteiger partial charge in [-0.2, -0.15) is 0 Å². The predicted octanol–water partition coefficient (Wildman–Crippen LogP) is 3.91. The van der Waals surface area contributed by atoms with E-state index in [4.69, 9.17) is 11.6 Å². The lowest BCUT2D eigenvalue weighted by Gasteiger charge is -2.33. The minimum Gasteiger partial charge on any atom is -0.606 e. The maximum absolute atomic E-state index is 12.8. The summed E-state index contributed by atoms with van der Waals surface area (Å²) >= 11 is 5.02. The second kappa shape index (κ2) is 6.50. The summed E-state index contributed by atoms with van der Waals surface area (Å²) < 4.78 is 12.8. The number of hydrogen-bond donors (Lipinski definition) is 0. The number of nitrogens with zero attached hydrogens (tertiary/aromatic N) is 2. The Balaban J connectivity index is 2.01.